The summed E-state index contributed by atoms with van der Waals surface area (Å²) < 4.78 is 26.9. The zero-order valence-electron chi connectivity index (χ0n) is 14.7. The van der Waals surface area contributed by atoms with Gasteiger partial charge in [0.1, 0.15) is 11.4 Å². The Hall–Kier alpha value is -1.97. The molecule has 0 aliphatic carbocycles. The van der Waals surface area contributed by atoms with Gasteiger partial charge in [0.05, 0.1) is 15.9 Å². The number of nitrogens with zero attached hydrogens (tertiary/aromatic N) is 3. The lowest BCUT2D eigenvalue weighted by atomic mass is 10.2. The Kier molecular flexibility index (Phi) is 4.92. The summed E-state index contributed by atoms with van der Waals surface area (Å²) in [5.41, 5.74) is 1.24. The van der Waals surface area contributed by atoms with Crippen LogP contribution in [0.4, 0.5) is 0 Å². The predicted molar refractivity (Wildman–Crippen MR) is 108 cm³/mol. The average Bonchev–Trinajstić information content (AvgIpc) is 3.37. The van der Waals surface area contributed by atoms with Crippen molar-refractivity contribution in [2.45, 2.75) is 11.7 Å². The molecule has 0 aromatic carbocycles. The van der Waals surface area contributed by atoms with E-state index >= 15 is 0 Å². The molecule has 27 heavy (non-hydrogen) atoms. The van der Waals surface area contributed by atoms with Crippen LogP contribution in [-0.2, 0) is 16.9 Å². The average molecular weight is 422 g/mol. The van der Waals surface area contributed by atoms with Crippen molar-refractivity contribution in [1.29, 1.82) is 0 Å². The normalized spacial score (nSPS) is 19.7. The van der Waals surface area contributed by atoms with Gasteiger partial charge in [-0.25, -0.2) is 8.42 Å². The minimum atomic E-state index is -3.28. The van der Waals surface area contributed by atoms with Gasteiger partial charge in [-0.2, -0.15) is 5.10 Å². The smallest absolute Gasteiger partial charge is 0.272 e. The van der Waals surface area contributed by atoms with Crippen LogP contribution in [0.25, 0.3) is 10.6 Å². The minimum absolute atomic E-state index is 0.0169. The molecule has 1 amide bonds. The summed E-state index contributed by atoms with van der Waals surface area (Å²) in [4.78, 5) is 16.5. The Balaban J connectivity index is 1.57. The van der Waals surface area contributed by atoms with Crippen LogP contribution in [0.5, 0.6) is 0 Å². The third-order valence-corrected chi connectivity index (χ3v) is 8.90. The largest absolute Gasteiger partial charge is 0.336 e. The first-order valence-electron chi connectivity index (χ1n) is 8.58. The van der Waals surface area contributed by atoms with Gasteiger partial charge in [0.25, 0.3) is 5.91 Å². The maximum absolute atomic E-state index is 13.0. The summed E-state index contributed by atoms with van der Waals surface area (Å²) in [6.45, 7) is 0.628. The summed E-state index contributed by atoms with van der Waals surface area (Å²) in [6, 6.07) is 9.42. The fourth-order valence-electron chi connectivity index (χ4n) is 3.32. The number of hydrogen-bond donors (Lipinski definition) is 0. The molecule has 0 N–H and O–H groups in total. The first-order valence-corrected chi connectivity index (χ1v) is 12.1. The summed E-state index contributed by atoms with van der Waals surface area (Å²) >= 11 is 3.02. The second-order valence-electron chi connectivity index (χ2n) is 6.47. The molecule has 3 aromatic heterocycles. The third kappa shape index (κ3) is 3.59. The van der Waals surface area contributed by atoms with E-state index in [9.17, 15) is 13.2 Å². The minimum Gasteiger partial charge on any atom is -0.336 e. The zero-order chi connectivity index (χ0) is 19.0. The highest BCUT2D eigenvalue weighted by atomic mass is 32.2. The Morgan fingerprint density at radius 2 is 1.96 bits per heavy atom. The van der Waals surface area contributed by atoms with Crippen LogP contribution in [0.3, 0.4) is 0 Å². The van der Waals surface area contributed by atoms with Crippen molar-refractivity contribution in [2.24, 2.45) is 7.05 Å². The Morgan fingerprint density at radius 3 is 2.67 bits per heavy atom. The number of amides is 1. The standard InChI is InChI=1S/C18H19N3O3S3/c1-20-14(12-13(19-20)15-4-2-9-25-15)18(22)21-7-6-17(16-5-3-10-26-16)27(23,24)11-8-21/h2-5,9-10,12,17H,6-8,11H2,1H3/t17-/m0/s1. The molecule has 0 spiro atoms. The summed E-state index contributed by atoms with van der Waals surface area (Å²) in [5.74, 6) is -0.188. The molecule has 1 aliphatic rings. The van der Waals surface area contributed by atoms with E-state index in [0.717, 1.165) is 15.4 Å². The van der Waals surface area contributed by atoms with Gasteiger partial charge >= 0.3 is 0 Å². The van der Waals surface area contributed by atoms with E-state index in [4.69, 9.17) is 0 Å². The maximum Gasteiger partial charge on any atom is 0.272 e. The quantitative estimate of drug-likeness (QED) is 0.651. The lowest BCUT2D eigenvalue weighted by molar-refractivity contribution is 0.0755. The number of rotatable bonds is 3. The highest BCUT2D eigenvalue weighted by molar-refractivity contribution is 7.91. The number of sulfone groups is 1. The van der Waals surface area contributed by atoms with Crippen molar-refractivity contribution in [2.75, 3.05) is 18.8 Å². The fraction of sp³-hybridized carbons (Fsp3) is 0.333. The first-order chi connectivity index (χ1) is 13.0. The van der Waals surface area contributed by atoms with Crippen molar-refractivity contribution in [3.63, 3.8) is 0 Å². The molecule has 3 aromatic rings. The van der Waals surface area contributed by atoms with Gasteiger partial charge in [-0.1, -0.05) is 12.1 Å². The van der Waals surface area contributed by atoms with Crippen LogP contribution in [0.15, 0.2) is 41.1 Å². The molecule has 1 saturated heterocycles. The Labute approximate surface area is 166 Å². The van der Waals surface area contributed by atoms with Gasteiger partial charge in [0, 0.05) is 25.0 Å². The van der Waals surface area contributed by atoms with E-state index in [2.05, 4.69) is 5.10 Å². The number of thiophene rings is 2. The van der Waals surface area contributed by atoms with Crippen LogP contribution < -0.4 is 0 Å². The number of hydrogen-bond acceptors (Lipinski definition) is 6. The van der Waals surface area contributed by atoms with Crippen LogP contribution in [0, 0.1) is 0 Å². The fourth-order valence-corrected chi connectivity index (χ4v) is 7.00. The molecule has 4 rings (SSSR count). The van der Waals surface area contributed by atoms with E-state index in [1.54, 1.807) is 34.0 Å². The predicted octanol–water partition coefficient (Wildman–Crippen LogP) is 3.21. The van der Waals surface area contributed by atoms with Crippen molar-refractivity contribution >= 4 is 38.4 Å². The van der Waals surface area contributed by atoms with Crippen molar-refractivity contribution in [3.8, 4) is 10.6 Å². The van der Waals surface area contributed by atoms with Gasteiger partial charge in [-0.3, -0.25) is 9.48 Å². The van der Waals surface area contributed by atoms with Crippen LogP contribution in [0.2, 0.25) is 0 Å². The molecular weight excluding hydrogens is 402 g/mol. The molecule has 4 heterocycles. The SMILES string of the molecule is Cn1nc(-c2cccs2)cc1C(=O)N1CC[C@@H](c2cccs2)S(=O)(=O)CC1. The van der Waals surface area contributed by atoms with Gasteiger partial charge in [-0.15, -0.1) is 22.7 Å². The van der Waals surface area contributed by atoms with E-state index in [1.807, 2.05) is 35.0 Å². The molecule has 6 nitrogen and oxygen atoms in total. The van der Waals surface area contributed by atoms with Crippen LogP contribution in [-0.4, -0.2) is 47.8 Å². The van der Waals surface area contributed by atoms with E-state index in [0.29, 0.717) is 18.7 Å². The summed E-state index contributed by atoms with van der Waals surface area (Å²) in [7, 11) is -1.53. The molecule has 0 bridgehead atoms. The first kappa shape index (κ1) is 18.4. The molecular formula is C18H19N3O3S3. The lowest BCUT2D eigenvalue weighted by Crippen LogP contribution is -2.34. The third-order valence-electron chi connectivity index (χ3n) is 4.76. The van der Waals surface area contributed by atoms with Crippen molar-refractivity contribution in [3.05, 3.63) is 51.7 Å². The maximum atomic E-state index is 13.0. The van der Waals surface area contributed by atoms with Gasteiger partial charge in [-0.05, 0) is 35.4 Å². The highest BCUT2D eigenvalue weighted by Gasteiger charge is 2.34. The van der Waals surface area contributed by atoms with Crippen molar-refractivity contribution in [1.82, 2.24) is 14.7 Å². The molecule has 142 valence electrons. The van der Waals surface area contributed by atoms with E-state index < -0.39 is 15.1 Å². The second-order valence-corrected chi connectivity index (χ2v) is 10.7. The van der Waals surface area contributed by atoms with E-state index in [-0.39, 0.29) is 18.2 Å². The number of aromatic nitrogens is 2. The Morgan fingerprint density at radius 1 is 1.19 bits per heavy atom. The molecule has 0 radical (unpaired) electrons. The van der Waals surface area contributed by atoms with Crippen LogP contribution >= 0.6 is 22.7 Å². The highest BCUT2D eigenvalue weighted by Crippen LogP contribution is 2.33. The second kappa shape index (κ2) is 7.21. The molecule has 9 heteroatoms. The van der Waals surface area contributed by atoms with E-state index in [1.165, 1.54) is 11.3 Å². The topological polar surface area (TPSA) is 72.3 Å². The molecule has 0 saturated carbocycles. The van der Waals surface area contributed by atoms with Gasteiger partial charge in [0.2, 0.25) is 0 Å². The van der Waals surface area contributed by atoms with Crippen LogP contribution in [0.1, 0.15) is 27.0 Å². The number of carbonyl (C=O) groups is 1. The zero-order valence-corrected chi connectivity index (χ0v) is 17.2. The molecule has 1 aliphatic heterocycles. The summed E-state index contributed by atoms with van der Waals surface area (Å²) in [6.07, 6.45) is 0.421. The molecule has 0 unspecified atom stereocenters. The number of carbonyl (C=O) groups excluding carboxylic acids is 1. The monoisotopic (exact) mass is 421 g/mol. The molecule has 1 atom stereocenters. The number of aryl methyl sites for hydroxylation is 1. The van der Waals surface area contributed by atoms with Gasteiger partial charge in [0.15, 0.2) is 9.84 Å². The summed E-state index contributed by atoms with van der Waals surface area (Å²) in [5, 5.41) is 7.77. The lowest BCUT2D eigenvalue weighted by Gasteiger charge is -2.19. The van der Waals surface area contributed by atoms with Gasteiger partial charge < -0.3 is 4.90 Å². The molecule has 1 fully saturated rings. The van der Waals surface area contributed by atoms with Crippen molar-refractivity contribution < 1.29 is 13.2 Å². The Bertz CT molecular complexity index is 1040.